The lowest BCUT2D eigenvalue weighted by atomic mass is 9.82. The summed E-state index contributed by atoms with van der Waals surface area (Å²) < 4.78 is 49.5. The average molecular weight is 772 g/mol. The number of aliphatic hydroxyl groups is 3. The van der Waals surface area contributed by atoms with Gasteiger partial charge in [-0.25, -0.2) is 0 Å². The highest BCUT2D eigenvalue weighted by atomic mass is 16.7. The predicted molar refractivity (Wildman–Crippen MR) is 200 cm³/mol. The van der Waals surface area contributed by atoms with E-state index in [0.29, 0.717) is 19.4 Å². The minimum absolute atomic E-state index is 0.0146. The van der Waals surface area contributed by atoms with Crippen molar-refractivity contribution in [1.29, 1.82) is 0 Å². The number of aldehydes is 1. The molecule has 0 amide bonds. The second-order valence-corrected chi connectivity index (χ2v) is 15.7. The van der Waals surface area contributed by atoms with Gasteiger partial charge in [0.15, 0.2) is 12.6 Å². The Labute approximate surface area is 322 Å². The molecule has 0 unspecified atom stereocenters. The number of aliphatic hydroxyl groups excluding tert-OH is 3. The van der Waals surface area contributed by atoms with Crippen LogP contribution in [0.5, 0.6) is 0 Å². The molecule has 54 heavy (non-hydrogen) atoms. The number of methoxy groups -OCH3 is 2. The first-order chi connectivity index (χ1) is 25.6. The summed E-state index contributed by atoms with van der Waals surface area (Å²) in [6, 6.07) is -0.651. The van der Waals surface area contributed by atoms with Crippen molar-refractivity contribution in [1.82, 2.24) is 4.90 Å². The lowest BCUT2D eigenvalue weighted by Gasteiger charge is -2.51. The molecule has 3 rings (SSSR count). The zero-order valence-corrected chi connectivity index (χ0v) is 34.1. The maximum atomic E-state index is 12.9. The Hall–Kier alpha value is -1.82. The van der Waals surface area contributed by atoms with E-state index in [2.05, 4.69) is 6.92 Å². The molecule has 2 fully saturated rings. The fourth-order valence-electron chi connectivity index (χ4n) is 7.88. The van der Waals surface area contributed by atoms with E-state index in [0.717, 1.165) is 19.1 Å². The molecule has 0 aromatic rings. The third-order valence-electron chi connectivity index (χ3n) is 11.0. The molecule has 2 saturated heterocycles. The number of unbranched alkanes of at least 4 members (excludes halogenated alkanes) is 1. The van der Waals surface area contributed by atoms with Crippen LogP contribution in [0, 0.1) is 11.8 Å². The van der Waals surface area contributed by atoms with Crippen molar-refractivity contribution in [2.75, 3.05) is 34.9 Å². The summed E-state index contributed by atoms with van der Waals surface area (Å²) in [5.41, 5.74) is -0.692. The van der Waals surface area contributed by atoms with Crippen LogP contribution in [0.25, 0.3) is 0 Å². The first-order valence-corrected chi connectivity index (χ1v) is 19.6. The zero-order valence-electron chi connectivity index (χ0n) is 34.1. The molecular weight excluding hydrogens is 702 g/mol. The highest BCUT2D eigenvalue weighted by Crippen LogP contribution is 2.38. The van der Waals surface area contributed by atoms with Crippen molar-refractivity contribution >= 4 is 12.3 Å². The van der Waals surface area contributed by atoms with Crippen molar-refractivity contribution in [3.8, 4) is 0 Å². The lowest BCUT2D eigenvalue weighted by molar-refractivity contribution is -0.347. The van der Waals surface area contributed by atoms with E-state index in [9.17, 15) is 24.9 Å². The number of cyclic esters (lactones) is 1. The van der Waals surface area contributed by atoms with Crippen molar-refractivity contribution in [3.05, 3.63) is 24.3 Å². The third-order valence-corrected chi connectivity index (χ3v) is 11.0. The predicted octanol–water partition coefficient (Wildman–Crippen LogP) is 3.32. The summed E-state index contributed by atoms with van der Waals surface area (Å²) >= 11 is 0. The summed E-state index contributed by atoms with van der Waals surface area (Å²) in [5.74, 6) is -1.58. The summed E-state index contributed by atoms with van der Waals surface area (Å²) in [4.78, 5) is 26.9. The molecule has 0 saturated carbocycles. The van der Waals surface area contributed by atoms with Crippen LogP contribution in [0.1, 0.15) is 86.5 Å². The summed E-state index contributed by atoms with van der Waals surface area (Å²) in [6.07, 6.45) is 0.263. The van der Waals surface area contributed by atoms with Crippen molar-refractivity contribution < 1.29 is 62.8 Å². The smallest absolute Gasteiger partial charge is 0.308 e. The molecule has 14 nitrogen and oxygen atoms in total. The number of hydrogen-bond donors (Lipinski definition) is 3. The van der Waals surface area contributed by atoms with E-state index < -0.39 is 91.4 Å². The molecule has 14 heteroatoms. The SMILES string of the molecule is CCCCO[C@@H]1[C@@H](C)O[C@H](O[C@@H]2[C@@H](N(C)C)[C@H](O)[C@@H](O[C@H]3[C@@H](CC=O)C[C@@H](C)[C@@H](O)/C=C/C=C/C[C@@H](C)OC(=O)C[C@@H](O)[C@@H]3OC)O[C@H]2C)C[C@]1(C)OC. The Balaban J connectivity index is 1.92. The highest BCUT2D eigenvalue weighted by molar-refractivity contribution is 5.70. The maximum absolute atomic E-state index is 12.9. The Morgan fingerprint density at radius 1 is 1.00 bits per heavy atom. The van der Waals surface area contributed by atoms with Crippen LogP contribution < -0.4 is 0 Å². The molecule has 0 aromatic heterocycles. The van der Waals surface area contributed by atoms with Gasteiger partial charge in [-0.05, 0) is 66.5 Å². The standard InChI is InChI=1S/C40H69NO13/c1-11-12-20-49-38-27(5)51-32(23-40(38,6)48-10)53-35-26(4)52-39(34(46)33(35)41(7)8)54-36-28(18-19-42)21-24(2)29(43)17-15-13-14-16-25(3)50-31(45)22-30(44)37(36)47-9/h13-15,17,19,24-30,32-39,43-44,46H,11-12,16,18,20-23H2,1-10H3/b14-13+,17-15+/t24-,25-,26+,27-,28+,29+,30-,32-,33+,34+,35+,36+,37+,38-,39-,40+/m1/s1. The quantitative estimate of drug-likeness (QED) is 0.142. The Morgan fingerprint density at radius 2 is 1.72 bits per heavy atom. The van der Waals surface area contributed by atoms with Crippen LogP contribution in [0.15, 0.2) is 24.3 Å². The molecule has 0 aromatic carbocycles. The minimum atomic E-state index is -1.40. The number of esters is 1. The van der Waals surface area contributed by atoms with Crippen LogP contribution in [0.4, 0.5) is 0 Å². The minimum Gasteiger partial charge on any atom is -0.462 e. The number of carbonyl (C=O) groups excluding carboxylic acids is 2. The molecule has 3 aliphatic heterocycles. The Morgan fingerprint density at radius 3 is 2.35 bits per heavy atom. The molecule has 3 aliphatic rings. The fraction of sp³-hybridized carbons (Fsp3) is 0.850. The van der Waals surface area contributed by atoms with Crippen LogP contribution in [0.2, 0.25) is 0 Å². The number of likely N-dealkylation sites (N-methyl/N-ethyl adjacent to an activating group) is 1. The van der Waals surface area contributed by atoms with Gasteiger partial charge in [0.1, 0.15) is 36.8 Å². The van der Waals surface area contributed by atoms with Crippen molar-refractivity contribution in [3.63, 3.8) is 0 Å². The second kappa shape index (κ2) is 22.2. The van der Waals surface area contributed by atoms with Gasteiger partial charge in [-0.1, -0.05) is 44.6 Å². The van der Waals surface area contributed by atoms with Crippen molar-refractivity contribution in [2.24, 2.45) is 11.8 Å². The largest absolute Gasteiger partial charge is 0.462 e. The Bertz CT molecular complexity index is 1190. The van der Waals surface area contributed by atoms with Crippen LogP contribution in [-0.2, 0) is 47.5 Å². The van der Waals surface area contributed by atoms with Gasteiger partial charge in [0.25, 0.3) is 0 Å². The lowest BCUT2D eigenvalue weighted by Crippen LogP contribution is -2.66. The Kier molecular flexibility index (Phi) is 19.1. The summed E-state index contributed by atoms with van der Waals surface area (Å²) in [7, 11) is 6.68. The number of carbonyl (C=O) groups is 2. The van der Waals surface area contributed by atoms with Gasteiger partial charge in [0, 0.05) is 40.1 Å². The molecule has 0 bridgehead atoms. The number of ether oxygens (including phenoxy) is 8. The molecule has 312 valence electrons. The van der Waals surface area contributed by atoms with E-state index >= 15 is 0 Å². The van der Waals surface area contributed by atoms with Gasteiger partial charge in [-0.3, -0.25) is 4.79 Å². The number of rotatable bonds is 13. The number of allylic oxidation sites excluding steroid dienone is 2. The van der Waals surface area contributed by atoms with Gasteiger partial charge < -0.3 is 62.9 Å². The monoisotopic (exact) mass is 771 g/mol. The average Bonchev–Trinajstić information content (AvgIpc) is 3.10. The normalized spacial score (nSPS) is 43.0. The fourth-order valence-corrected chi connectivity index (χ4v) is 7.88. The molecule has 0 radical (unpaired) electrons. The van der Waals surface area contributed by atoms with Gasteiger partial charge in [0.2, 0.25) is 0 Å². The van der Waals surface area contributed by atoms with Crippen molar-refractivity contribution in [2.45, 2.75) is 172 Å². The van der Waals surface area contributed by atoms with E-state index in [1.807, 2.05) is 52.8 Å². The van der Waals surface area contributed by atoms with E-state index in [-0.39, 0.29) is 31.0 Å². The summed E-state index contributed by atoms with van der Waals surface area (Å²) in [6.45, 7) is 12.0. The zero-order chi connectivity index (χ0) is 40.2. The molecule has 3 heterocycles. The number of nitrogens with zero attached hydrogens (tertiary/aromatic N) is 1. The van der Waals surface area contributed by atoms with E-state index in [1.165, 1.54) is 7.11 Å². The molecule has 3 N–H and O–H groups in total. The highest BCUT2D eigenvalue weighted by Gasteiger charge is 2.52. The molecule has 0 aliphatic carbocycles. The second-order valence-electron chi connectivity index (χ2n) is 15.7. The topological polar surface area (TPSA) is 172 Å². The van der Waals surface area contributed by atoms with Crippen LogP contribution >= 0.6 is 0 Å². The number of hydrogen-bond acceptors (Lipinski definition) is 14. The first-order valence-electron chi connectivity index (χ1n) is 19.6. The van der Waals surface area contributed by atoms with Gasteiger partial charge in [-0.15, -0.1) is 0 Å². The maximum Gasteiger partial charge on any atom is 0.308 e. The van der Waals surface area contributed by atoms with E-state index in [4.69, 9.17) is 37.9 Å². The third kappa shape index (κ3) is 12.6. The van der Waals surface area contributed by atoms with Crippen LogP contribution in [0.3, 0.4) is 0 Å². The van der Waals surface area contributed by atoms with E-state index in [1.54, 1.807) is 32.3 Å². The summed E-state index contributed by atoms with van der Waals surface area (Å²) in [5, 5.41) is 34.4. The van der Waals surface area contributed by atoms with Gasteiger partial charge in [-0.2, -0.15) is 0 Å². The van der Waals surface area contributed by atoms with Crippen LogP contribution in [-0.4, -0.2) is 153 Å². The molecular formula is C40H69NO13. The van der Waals surface area contributed by atoms with Gasteiger partial charge in [0.05, 0.1) is 48.6 Å². The first kappa shape index (κ1) is 46.6. The molecule has 0 spiro atoms. The molecule has 16 atom stereocenters. The van der Waals surface area contributed by atoms with Gasteiger partial charge >= 0.3 is 5.97 Å².